The standard InChI is InChI=1S/C15H16O6S3/c1-20-23(16,17)13-7-3-11(4-8-13)15(22)12-5-9-14(10-6-12)24(18,19)21-2/h3-10,15,22H,1-2H3. The molecule has 0 aliphatic carbocycles. The summed E-state index contributed by atoms with van der Waals surface area (Å²) in [5, 5.41) is -0.344. The molecule has 24 heavy (non-hydrogen) atoms. The van der Waals surface area contributed by atoms with Gasteiger partial charge in [0.15, 0.2) is 0 Å². The Morgan fingerprint density at radius 2 is 1.00 bits per heavy atom. The molecule has 130 valence electrons. The fraction of sp³-hybridized carbons (Fsp3) is 0.200. The first-order valence-corrected chi connectivity index (χ1v) is 10.0. The van der Waals surface area contributed by atoms with Crippen molar-refractivity contribution < 1.29 is 25.2 Å². The minimum Gasteiger partial charge on any atom is -0.270 e. The van der Waals surface area contributed by atoms with Gasteiger partial charge in [0.2, 0.25) is 0 Å². The van der Waals surface area contributed by atoms with Crippen molar-refractivity contribution >= 4 is 32.9 Å². The zero-order valence-electron chi connectivity index (χ0n) is 12.9. The van der Waals surface area contributed by atoms with Crippen LogP contribution in [0.4, 0.5) is 0 Å². The van der Waals surface area contributed by atoms with Crippen molar-refractivity contribution in [3.05, 3.63) is 59.7 Å². The Labute approximate surface area is 147 Å². The Hall–Kier alpha value is -1.39. The molecule has 0 amide bonds. The third-order valence-electron chi connectivity index (χ3n) is 3.41. The van der Waals surface area contributed by atoms with Crippen molar-refractivity contribution in [2.45, 2.75) is 15.0 Å². The van der Waals surface area contributed by atoms with Crippen LogP contribution in [0.2, 0.25) is 0 Å². The molecule has 0 spiro atoms. The van der Waals surface area contributed by atoms with Gasteiger partial charge in [-0.1, -0.05) is 24.3 Å². The van der Waals surface area contributed by atoms with Crippen molar-refractivity contribution in [2.24, 2.45) is 0 Å². The fourth-order valence-corrected chi connectivity index (χ4v) is 3.69. The summed E-state index contributed by atoms with van der Waals surface area (Å²) in [6.45, 7) is 0. The summed E-state index contributed by atoms with van der Waals surface area (Å²) in [6.07, 6.45) is 0. The van der Waals surface area contributed by atoms with E-state index in [9.17, 15) is 16.8 Å². The first-order chi connectivity index (χ1) is 11.2. The van der Waals surface area contributed by atoms with Crippen molar-refractivity contribution in [1.82, 2.24) is 0 Å². The van der Waals surface area contributed by atoms with Crippen molar-refractivity contribution in [3.63, 3.8) is 0 Å². The average molecular weight is 388 g/mol. The number of benzene rings is 2. The van der Waals surface area contributed by atoms with E-state index in [2.05, 4.69) is 21.0 Å². The van der Waals surface area contributed by atoms with Gasteiger partial charge < -0.3 is 0 Å². The molecule has 6 nitrogen and oxygen atoms in total. The molecule has 0 saturated carbocycles. The van der Waals surface area contributed by atoms with E-state index in [0.717, 1.165) is 25.3 Å². The largest absolute Gasteiger partial charge is 0.296 e. The minimum absolute atomic E-state index is 0.0517. The Kier molecular flexibility index (Phi) is 5.71. The molecule has 0 radical (unpaired) electrons. The maximum atomic E-state index is 11.6. The summed E-state index contributed by atoms with van der Waals surface area (Å²) in [5.74, 6) is 0. The summed E-state index contributed by atoms with van der Waals surface area (Å²) in [5.41, 5.74) is 1.52. The average Bonchev–Trinajstić information content (AvgIpc) is 2.61. The molecule has 2 aromatic rings. The van der Waals surface area contributed by atoms with Crippen LogP contribution in [0, 0.1) is 0 Å². The summed E-state index contributed by atoms with van der Waals surface area (Å²) in [7, 11) is -5.28. The normalized spacial score (nSPS) is 12.5. The first kappa shape index (κ1) is 18.9. The summed E-state index contributed by atoms with van der Waals surface area (Å²) in [6, 6.07) is 12.2. The van der Waals surface area contributed by atoms with Crippen LogP contribution in [-0.4, -0.2) is 31.1 Å². The highest BCUT2D eigenvalue weighted by atomic mass is 32.2. The molecule has 0 aromatic heterocycles. The monoisotopic (exact) mass is 388 g/mol. The van der Waals surface area contributed by atoms with Crippen LogP contribution in [0.15, 0.2) is 58.3 Å². The molecular weight excluding hydrogens is 372 g/mol. The van der Waals surface area contributed by atoms with Gasteiger partial charge in [0.1, 0.15) is 0 Å². The fourth-order valence-electron chi connectivity index (χ4n) is 2.02. The second-order valence-corrected chi connectivity index (χ2v) is 8.72. The van der Waals surface area contributed by atoms with Crippen LogP contribution in [-0.2, 0) is 28.6 Å². The Balaban J connectivity index is 2.28. The topological polar surface area (TPSA) is 86.7 Å². The molecular formula is C15H16O6S3. The van der Waals surface area contributed by atoms with Gasteiger partial charge in [0.25, 0.3) is 20.2 Å². The number of thiol groups is 1. The molecule has 0 unspecified atom stereocenters. The number of hydrogen-bond donors (Lipinski definition) is 1. The van der Waals surface area contributed by atoms with E-state index in [1.807, 2.05) is 0 Å². The minimum atomic E-state index is -3.74. The van der Waals surface area contributed by atoms with E-state index in [4.69, 9.17) is 0 Å². The quantitative estimate of drug-likeness (QED) is 0.604. The van der Waals surface area contributed by atoms with Crippen molar-refractivity contribution in [3.8, 4) is 0 Å². The van der Waals surface area contributed by atoms with E-state index in [0.29, 0.717) is 0 Å². The van der Waals surface area contributed by atoms with E-state index < -0.39 is 20.2 Å². The van der Waals surface area contributed by atoms with E-state index in [1.54, 1.807) is 24.3 Å². The molecule has 0 aliphatic heterocycles. The summed E-state index contributed by atoms with van der Waals surface area (Å²) >= 11 is 4.51. The van der Waals surface area contributed by atoms with Crippen LogP contribution < -0.4 is 0 Å². The summed E-state index contributed by atoms with van der Waals surface area (Å²) < 4.78 is 55.3. The van der Waals surface area contributed by atoms with E-state index in [-0.39, 0.29) is 15.0 Å². The van der Waals surface area contributed by atoms with Gasteiger partial charge in [-0.15, -0.1) is 0 Å². The molecule has 0 aliphatic rings. The highest BCUT2D eigenvalue weighted by Crippen LogP contribution is 2.30. The second-order valence-electron chi connectivity index (χ2n) is 4.78. The van der Waals surface area contributed by atoms with Gasteiger partial charge in [-0.3, -0.25) is 8.37 Å². The number of rotatable bonds is 6. The smallest absolute Gasteiger partial charge is 0.270 e. The predicted octanol–water partition coefficient (Wildman–Crippen LogP) is 2.38. The summed E-state index contributed by atoms with van der Waals surface area (Å²) in [4.78, 5) is 0.103. The van der Waals surface area contributed by atoms with Gasteiger partial charge in [-0.05, 0) is 35.4 Å². The SMILES string of the molecule is COS(=O)(=O)c1ccc(C(S)c2ccc(S(=O)(=O)OC)cc2)cc1. The van der Waals surface area contributed by atoms with Gasteiger partial charge in [0.05, 0.1) is 29.3 Å². The van der Waals surface area contributed by atoms with Crippen molar-refractivity contribution in [2.75, 3.05) is 14.2 Å². The van der Waals surface area contributed by atoms with Gasteiger partial charge in [-0.2, -0.15) is 29.5 Å². The maximum absolute atomic E-state index is 11.6. The molecule has 9 heteroatoms. The van der Waals surface area contributed by atoms with Crippen molar-refractivity contribution in [1.29, 1.82) is 0 Å². The van der Waals surface area contributed by atoms with Crippen LogP contribution >= 0.6 is 12.6 Å². The van der Waals surface area contributed by atoms with Crippen LogP contribution in [0.25, 0.3) is 0 Å². The molecule has 0 fully saturated rings. The lowest BCUT2D eigenvalue weighted by atomic mass is 10.0. The Morgan fingerprint density at radius 3 is 1.25 bits per heavy atom. The lowest BCUT2D eigenvalue weighted by Gasteiger charge is -2.13. The molecule has 0 bridgehead atoms. The second kappa shape index (κ2) is 7.24. The molecule has 0 N–H and O–H groups in total. The molecule has 0 atom stereocenters. The lowest BCUT2D eigenvalue weighted by molar-refractivity contribution is 0.396. The highest BCUT2D eigenvalue weighted by Gasteiger charge is 2.17. The molecule has 0 saturated heterocycles. The van der Waals surface area contributed by atoms with Crippen LogP contribution in [0.3, 0.4) is 0 Å². The van der Waals surface area contributed by atoms with E-state index in [1.165, 1.54) is 24.3 Å². The Morgan fingerprint density at radius 1 is 0.708 bits per heavy atom. The predicted molar refractivity (Wildman–Crippen MR) is 92.1 cm³/mol. The zero-order valence-corrected chi connectivity index (χ0v) is 15.4. The van der Waals surface area contributed by atoms with Gasteiger partial charge in [0, 0.05) is 0 Å². The van der Waals surface area contributed by atoms with Gasteiger partial charge in [-0.25, -0.2) is 0 Å². The number of hydrogen-bond acceptors (Lipinski definition) is 7. The first-order valence-electron chi connectivity index (χ1n) is 6.70. The molecule has 0 heterocycles. The highest BCUT2D eigenvalue weighted by molar-refractivity contribution is 7.87. The third kappa shape index (κ3) is 3.98. The maximum Gasteiger partial charge on any atom is 0.296 e. The third-order valence-corrected chi connectivity index (χ3v) is 6.58. The lowest BCUT2D eigenvalue weighted by Crippen LogP contribution is -2.04. The molecule has 2 rings (SSSR count). The van der Waals surface area contributed by atoms with Crippen LogP contribution in [0.5, 0.6) is 0 Å². The van der Waals surface area contributed by atoms with E-state index >= 15 is 0 Å². The zero-order chi connectivity index (χ0) is 18.0. The van der Waals surface area contributed by atoms with Crippen LogP contribution in [0.1, 0.15) is 16.4 Å². The molecule has 2 aromatic carbocycles. The Bertz CT molecular complexity index is 823. The van der Waals surface area contributed by atoms with Gasteiger partial charge >= 0.3 is 0 Å².